The second-order valence-electron chi connectivity index (χ2n) is 4.30. The normalized spacial score (nSPS) is 15.1. The molecule has 0 aliphatic heterocycles. The van der Waals surface area contributed by atoms with Gasteiger partial charge in [0.05, 0.1) is 10.9 Å². The molecule has 0 N–H and O–H groups in total. The van der Waals surface area contributed by atoms with Crippen LogP contribution in [0.2, 0.25) is 0 Å². The number of rotatable bonds is 3. The largest absolute Gasteiger partial charge is 0.307 e. The van der Waals surface area contributed by atoms with E-state index < -0.39 is 11.6 Å². The summed E-state index contributed by atoms with van der Waals surface area (Å²) in [7, 11) is 0. The number of aromatic nitrogens is 3. The molecule has 6 heteroatoms. The molecule has 3 nitrogen and oxygen atoms in total. The van der Waals surface area contributed by atoms with Crippen molar-refractivity contribution in [3.63, 3.8) is 0 Å². The van der Waals surface area contributed by atoms with E-state index in [-0.39, 0.29) is 0 Å². The van der Waals surface area contributed by atoms with E-state index in [2.05, 4.69) is 26.1 Å². The van der Waals surface area contributed by atoms with E-state index in [1.165, 1.54) is 12.1 Å². The molecule has 1 aromatic heterocycles. The van der Waals surface area contributed by atoms with Gasteiger partial charge in [-0.05, 0) is 25.0 Å². The molecule has 0 amide bonds. The molecule has 1 aliphatic rings. The molecule has 3 rings (SSSR count). The number of hydrogen-bond donors (Lipinski definition) is 0. The van der Waals surface area contributed by atoms with Crippen LogP contribution in [0.5, 0.6) is 0 Å². The molecule has 1 fully saturated rings. The number of nitrogens with zero attached hydrogens (tertiary/aromatic N) is 3. The lowest BCUT2D eigenvalue weighted by Gasteiger charge is -2.08. The minimum Gasteiger partial charge on any atom is -0.307 e. The predicted molar refractivity (Wildman–Crippen MR) is 66.3 cm³/mol. The monoisotopic (exact) mass is 313 g/mol. The molecule has 1 aliphatic carbocycles. The second-order valence-corrected chi connectivity index (χ2v) is 4.86. The molecule has 0 bridgehead atoms. The smallest absolute Gasteiger partial charge is 0.167 e. The first kappa shape index (κ1) is 11.8. The number of halogens is 3. The third-order valence-electron chi connectivity index (χ3n) is 2.97. The van der Waals surface area contributed by atoms with E-state index in [1.54, 1.807) is 0 Å². The van der Waals surface area contributed by atoms with Gasteiger partial charge in [0, 0.05) is 12.1 Å². The van der Waals surface area contributed by atoms with Gasteiger partial charge in [0.25, 0.3) is 0 Å². The Balaban J connectivity index is 2.13. The topological polar surface area (TPSA) is 30.7 Å². The van der Waals surface area contributed by atoms with Crippen molar-refractivity contribution in [3.8, 4) is 11.4 Å². The quantitative estimate of drug-likeness (QED) is 0.813. The van der Waals surface area contributed by atoms with Gasteiger partial charge < -0.3 is 4.57 Å². The van der Waals surface area contributed by atoms with Crippen molar-refractivity contribution < 1.29 is 8.78 Å². The SMILES string of the molecule is Fc1ccc(-c2nnc(CBr)n2C2CC2)c(F)c1. The lowest BCUT2D eigenvalue weighted by Crippen LogP contribution is -2.03. The zero-order valence-electron chi connectivity index (χ0n) is 9.41. The van der Waals surface area contributed by atoms with Gasteiger partial charge in [-0.2, -0.15) is 0 Å². The summed E-state index contributed by atoms with van der Waals surface area (Å²) in [6.07, 6.45) is 2.10. The van der Waals surface area contributed by atoms with Gasteiger partial charge in [0.1, 0.15) is 17.5 Å². The van der Waals surface area contributed by atoms with Crippen molar-refractivity contribution in [2.45, 2.75) is 24.2 Å². The molecule has 94 valence electrons. The Morgan fingerprint density at radius 1 is 1.28 bits per heavy atom. The van der Waals surface area contributed by atoms with E-state index in [4.69, 9.17) is 0 Å². The zero-order valence-corrected chi connectivity index (χ0v) is 11.0. The molecular formula is C12H10BrF2N3. The molecule has 0 atom stereocenters. The molecule has 1 aromatic carbocycles. The molecule has 0 radical (unpaired) electrons. The minimum absolute atomic E-state index is 0.294. The molecular weight excluding hydrogens is 304 g/mol. The summed E-state index contributed by atoms with van der Waals surface area (Å²) in [6.45, 7) is 0. The Morgan fingerprint density at radius 2 is 2.06 bits per heavy atom. The molecule has 1 heterocycles. The van der Waals surface area contributed by atoms with Crippen molar-refractivity contribution in [1.82, 2.24) is 14.8 Å². The van der Waals surface area contributed by atoms with Crippen LogP contribution in [0.4, 0.5) is 8.78 Å². The third kappa shape index (κ3) is 1.94. The highest BCUT2D eigenvalue weighted by Crippen LogP contribution is 2.39. The standard InChI is InChI=1S/C12H10BrF2N3/c13-6-11-16-17-12(18(11)8-2-3-8)9-4-1-7(14)5-10(9)15/h1,4-5,8H,2-3,6H2. The number of benzene rings is 1. The second kappa shape index (κ2) is 4.42. The van der Waals surface area contributed by atoms with Crippen LogP contribution in [0.15, 0.2) is 18.2 Å². The summed E-state index contributed by atoms with van der Waals surface area (Å²) in [5.41, 5.74) is 0.294. The maximum absolute atomic E-state index is 13.8. The van der Waals surface area contributed by atoms with Gasteiger partial charge in [-0.15, -0.1) is 10.2 Å². The van der Waals surface area contributed by atoms with Crippen molar-refractivity contribution in [1.29, 1.82) is 0 Å². The fourth-order valence-electron chi connectivity index (χ4n) is 1.99. The third-order valence-corrected chi connectivity index (χ3v) is 3.47. The maximum Gasteiger partial charge on any atom is 0.167 e. The molecule has 1 saturated carbocycles. The molecule has 0 unspecified atom stereocenters. The average Bonchev–Trinajstić information content (AvgIpc) is 3.09. The Morgan fingerprint density at radius 3 is 2.67 bits per heavy atom. The molecule has 0 saturated heterocycles. The Bertz CT molecular complexity index is 593. The van der Waals surface area contributed by atoms with E-state index in [9.17, 15) is 8.78 Å². The van der Waals surface area contributed by atoms with E-state index in [0.717, 1.165) is 24.7 Å². The van der Waals surface area contributed by atoms with Crippen LogP contribution < -0.4 is 0 Å². The highest BCUT2D eigenvalue weighted by atomic mass is 79.9. The lowest BCUT2D eigenvalue weighted by molar-refractivity contribution is 0.583. The van der Waals surface area contributed by atoms with Gasteiger partial charge in [-0.25, -0.2) is 8.78 Å². The van der Waals surface area contributed by atoms with Crippen LogP contribution in [0.3, 0.4) is 0 Å². The van der Waals surface area contributed by atoms with Gasteiger partial charge >= 0.3 is 0 Å². The summed E-state index contributed by atoms with van der Waals surface area (Å²) >= 11 is 3.34. The van der Waals surface area contributed by atoms with Crippen LogP contribution in [0, 0.1) is 11.6 Å². The summed E-state index contributed by atoms with van der Waals surface area (Å²) in [6, 6.07) is 3.85. The Hall–Kier alpha value is -1.30. The summed E-state index contributed by atoms with van der Waals surface area (Å²) < 4.78 is 28.6. The van der Waals surface area contributed by atoms with Crippen LogP contribution in [0.1, 0.15) is 24.7 Å². The van der Waals surface area contributed by atoms with E-state index in [1.807, 2.05) is 4.57 Å². The summed E-state index contributed by atoms with van der Waals surface area (Å²) in [5.74, 6) is 0.0561. The fourth-order valence-corrected chi connectivity index (χ4v) is 2.37. The number of hydrogen-bond acceptors (Lipinski definition) is 2. The highest BCUT2D eigenvalue weighted by molar-refractivity contribution is 9.08. The maximum atomic E-state index is 13.8. The molecule has 2 aromatic rings. The van der Waals surface area contributed by atoms with Gasteiger partial charge in [-0.3, -0.25) is 0 Å². The first-order chi connectivity index (χ1) is 8.70. The van der Waals surface area contributed by atoms with Crippen LogP contribution in [-0.2, 0) is 5.33 Å². The zero-order chi connectivity index (χ0) is 12.7. The van der Waals surface area contributed by atoms with Gasteiger partial charge in [0.2, 0.25) is 0 Å². The summed E-state index contributed by atoms with van der Waals surface area (Å²) in [4.78, 5) is 0. The lowest BCUT2D eigenvalue weighted by atomic mass is 10.2. The van der Waals surface area contributed by atoms with E-state index in [0.29, 0.717) is 22.8 Å². The highest BCUT2D eigenvalue weighted by Gasteiger charge is 2.30. The first-order valence-corrected chi connectivity index (χ1v) is 6.78. The average molecular weight is 314 g/mol. The van der Waals surface area contributed by atoms with Crippen molar-refractivity contribution >= 4 is 15.9 Å². The number of alkyl halides is 1. The molecule has 18 heavy (non-hydrogen) atoms. The summed E-state index contributed by atoms with van der Waals surface area (Å²) in [5, 5.41) is 8.64. The molecule has 0 spiro atoms. The fraction of sp³-hybridized carbons (Fsp3) is 0.333. The Kier molecular flexibility index (Phi) is 2.89. The van der Waals surface area contributed by atoms with Gasteiger partial charge in [-0.1, -0.05) is 15.9 Å². The van der Waals surface area contributed by atoms with Crippen LogP contribution in [0.25, 0.3) is 11.4 Å². The first-order valence-electron chi connectivity index (χ1n) is 5.66. The van der Waals surface area contributed by atoms with Crippen molar-refractivity contribution in [2.75, 3.05) is 0 Å². The van der Waals surface area contributed by atoms with Crippen molar-refractivity contribution in [2.24, 2.45) is 0 Å². The predicted octanol–water partition coefficient (Wildman–Crippen LogP) is 3.45. The van der Waals surface area contributed by atoms with Crippen LogP contribution >= 0.6 is 15.9 Å². The Labute approximate surface area is 111 Å². The van der Waals surface area contributed by atoms with Crippen LogP contribution in [-0.4, -0.2) is 14.8 Å². The van der Waals surface area contributed by atoms with E-state index >= 15 is 0 Å². The minimum atomic E-state index is -0.606. The van der Waals surface area contributed by atoms with Crippen molar-refractivity contribution in [3.05, 3.63) is 35.7 Å². The van der Waals surface area contributed by atoms with Gasteiger partial charge in [0.15, 0.2) is 5.82 Å².